The van der Waals surface area contributed by atoms with Crippen molar-refractivity contribution in [2.75, 3.05) is 20.3 Å². The van der Waals surface area contributed by atoms with Gasteiger partial charge in [0, 0.05) is 13.2 Å². The topological polar surface area (TPSA) is 66.8 Å². The molecule has 0 unspecified atom stereocenters. The van der Waals surface area contributed by atoms with Crippen LogP contribution in [0.2, 0.25) is 0 Å². The molecule has 0 radical (unpaired) electrons. The Morgan fingerprint density at radius 3 is 2.59 bits per heavy atom. The number of ether oxygens (including phenoxy) is 1. The molecule has 1 aliphatic heterocycles. The predicted molar refractivity (Wildman–Crippen MR) is 60.1 cm³/mol. The minimum atomic E-state index is -0.322. The standard InChI is InChI=1S/C12H13NO4/c1-17-8-3-4-9-10(7-8)12(16)13(11(9)15)5-2-6-14/h3-4,7,14H,2,5-6H2,1H3. The predicted octanol–water partition coefficient (Wildman–Crippen LogP) is 0.674. The molecule has 2 rings (SSSR count). The fourth-order valence-corrected chi connectivity index (χ4v) is 1.83. The van der Waals surface area contributed by atoms with E-state index in [0.29, 0.717) is 23.3 Å². The molecule has 0 atom stereocenters. The number of imide groups is 1. The summed E-state index contributed by atoms with van der Waals surface area (Å²) < 4.78 is 5.02. The molecule has 0 bridgehead atoms. The van der Waals surface area contributed by atoms with Crippen LogP contribution >= 0.6 is 0 Å². The van der Waals surface area contributed by atoms with Gasteiger partial charge < -0.3 is 9.84 Å². The molecule has 90 valence electrons. The first-order valence-electron chi connectivity index (χ1n) is 5.34. The number of hydrogen-bond acceptors (Lipinski definition) is 4. The normalized spacial score (nSPS) is 14.1. The molecule has 5 heteroatoms. The number of benzene rings is 1. The summed E-state index contributed by atoms with van der Waals surface area (Å²) in [7, 11) is 1.51. The molecule has 5 nitrogen and oxygen atoms in total. The smallest absolute Gasteiger partial charge is 0.261 e. The Labute approximate surface area is 98.6 Å². The van der Waals surface area contributed by atoms with Crippen molar-refractivity contribution in [1.29, 1.82) is 0 Å². The molecule has 2 amide bonds. The molecule has 17 heavy (non-hydrogen) atoms. The van der Waals surface area contributed by atoms with Crippen LogP contribution in [0.15, 0.2) is 18.2 Å². The lowest BCUT2D eigenvalue weighted by molar-refractivity contribution is 0.0645. The summed E-state index contributed by atoms with van der Waals surface area (Å²) >= 11 is 0. The fourth-order valence-electron chi connectivity index (χ4n) is 1.83. The van der Waals surface area contributed by atoms with Crippen molar-refractivity contribution in [2.45, 2.75) is 6.42 Å². The summed E-state index contributed by atoms with van der Waals surface area (Å²) in [6.45, 7) is 0.196. The van der Waals surface area contributed by atoms with Gasteiger partial charge in [-0.05, 0) is 24.6 Å². The molecular weight excluding hydrogens is 222 g/mol. The maximum Gasteiger partial charge on any atom is 0.261 e. The molecule has 0 aliphatic carbocycles. The van der Waals surface area contributed by atoms with Gasteiger partial charge in [0.1, 0.15) is 5.75 Å². The number of nitrogens with zero attached hydrogens (tertiary/aromatic N) is 1. The van der Waals surface area contributed by atoms with Gasteiger partial charge in [0.05, 0.1) is 18.2 Å². The largest absolute Gasteiger partial charge is 0.497 e. The Hall–Kier alpha value is -1.88. The van der Waals surface area contributed by atoms with Crippen molar-refractivity contribution in [1.82, 2.24) is 4.90 Å². The lowest BCUT2D eigenvalue weighted by atomic mass is 10.1. The average molecular weight is 235 g/mol. The highest BCUT2D eigenvalue weighted by Gasteiger charge is 2.35. The van der Waals surface area contributed by atoms with Crippen LogP contribution < -0.4 is 4.74 Å². The van der Waals surface area contributed by atoms with E-state index in [1.165, 1.54) is 7.11 Å². The van der Waals surface area contributed by atoms with Crippen LogP contribution in [-0.4, -0.2) is 42.1 Å². The number of aliphatic hydroxyl groups excluding tert-OH is 1. The Kier molecular flexibility index (Phi) is 3.10. The molecule has 1 N–H and O–H groups in total. The van der Waals surface area contributed by atoms with Crippen molar-refractivity contribution < 1.29 is 19.4 Å². The summed E-state index contributed by atoms with van der Waals surface area (Å²) in [5.41, 5.74) is 0.765. The number of amides is 2. The van der Waals surface area contributed by atoms with Gasteiger partial charge in [-0.25, -0.2) is 0 Å². The highest BCUT2D eigenvalue weighted by Crippen LogP contribution is 2.26. The van der Waals surface area contributed by atoms with Gasteiger partial charge in [-0.3, -0.25) is 14.5 Å². The van der Waals surface area contributed by atoms with Gasteiger partial charge in [0.25, 0.3) is 11.8 Å². The van der Waals surface area contributed by atoms with E-state index in [-0.39, 0.29) is 25.0 Å². The van der Waals surface area contributed by atoms with Gasteiger partial charge in [-0.2, -0.15) is 0 Å². The molecule has 0 saturated carbocycles. The second kappa shape index (κ2) is 4.55. The van der Waals surface area contributed by atoms with Crippen LogP contribution in [0, 0.1) is 0 Å². The summed E-state index contributed by atoms with van der Waals surface area (Å²) in [6, 6.07) is 4.81. The third-order valence-corrected chi connectivity index (χ3v) is 2.72. The van der Waals surface area contributed by atoms with E-state index in [4.69, 9.17) is 9.84 Å². The van der Waals surface area contributed by atoms with Crippen molar-refractivity contribution >= 4 is 11.8 Å². The Morgan fingerprint density at radius 2 is 1.94 bits per heavy atom. The first-order valence-corrected chi connectivity index (χ1v) is 5.34. The number of fused-ring (bicyclic) bond motifs is 1. The van der Waals surface area contributed by atoms with E-state index in [9.17, 15) is 9.59 Å². The van der Waals surface area contributed by atoms with Gasteiger partial charge in [0.2, 0.25) is 0 Å². The highest BCUT2D eigenvalue weighted by atomic mass is 16.5. The van der Waals surface area contributed by atoms with Gasteiger partial charge in [-0.15, -0.1) is 0 Å². The zero-order valence-corrected chi connectivity index (χ0v) is 9.47. The number of carbonyl (C=O) groups excluding carboxylic acids is 2. The quantitative estimate of drug-likeness (QED) is 0.779. The van der Waals surface area contributed by atoms with Crippen LogP contribution in [0.4, 0.5) is 0 Å². The van der Waals surface area contributed by atoms with E-state index < -0.39 is 0 Å². The summed E-state index contributed by atoms with van der Waals surface area (Å²) in [4.78, 5) is 25.0. The minimum absolute atomic E-state index is 0.0449. The molecule has 0 fully saturated rings. The van der Waals surface area contributed by atoms with Crippen LogP contribution in [0.3, 0.4) is 0 Å². The maximum absolute atomic E-state index is 11.9. The van der Waals surface area contributed by atoms with Crippen LogP contribution in [0.25, 0.3) is 0 Å². The van der Waals surface area contributed by atoms with E-state index in [2.05, 4.69) is 0 Å². The SMILES string of the molecule is COc1ccc2c(c1)C(=O)N(CCCO)C2=O. The highest BCUT2D eigenvalue weighted by molar-refractivity contribution is 6.21. The molecule has 1 aliphatic rings. The lowest BCUT2D eigenvalue weighted by Gasteiger charge is -2.11. The van der Waals surface area contributed by atoms with Crippen LogP contribution in [-0.2, 0) is 0 Å². The van der Waals surface area contributed by atoms with Crippen molar-refractivity contribution in [2.24, 2.45) is 0 Å². The number of methoxy groups -OCH3 is 1. The Balaban J connectivity index is 2.32. The van der Waals surface area contributed by atoms with E-state index >= 15 is 0 Å². The second-order valence-electron chi connectivity index (χ2n) is 3.75. The molecule has 0 saturated heterocycles. The van der Waals surface area contributed by atoms with E-state index in [1.807, 2.05) is 0 Å². The lowest BCUT2D eigenvalue weighted by Crippen LogP contribution is -2.31. The van der Waals surface area contributed by atoms with Crippen molar-refractivity contribution in [3.63, 3.8) is 0 Å². The molecule has 1 aromatic carbocycles. The van der Waals surface area contributed by atoms with Gasteiger partial charge in [0.15, 0.2) is 0 Å². The van der Waals surface area contributed by atoms with Crippen LogP contribution in [0.5, 0.6) is 5.75 Å². The number of hydrogen-bond donors (Lipinski definition) is 1. The molecular formula is C12H13NO4. The Morgan fingerprint density at radius 1 is 1.24 bits per heavy atom. The van der Waals surface area contributed by atoms with Crippen molar-refractivity contribution in [3.8, 4) is 5.75 Å². The first kappa shape index (κ1) is 11.6. The fraction of sp³-hybridized carbons (Fsp3) is 0.333. The molecule has 1 aromatic rings. The summed E-state index contributed by atoms with van der Waals surface area (Å²) in [5.74, 6) is -0.0765. The molecule has 0 spiro atoms. The van der Waals surface area contributed by atoms with E-state index in [0.717, 1.165) is 4.90 Å². The average Bonchev–Trinajstić information content (AvgIpc) is 2.59. The monoisotopic (exact) mass is 235 g/mol. The second-order valence-corrected chi connectivity index (χ2v) is 3.75. The molecule has 1 heterocycles. The zero-order chi connectivity index (χ0) is 12.4. The first-order chi connectivity index (χ1) is 8.19. The third kappa shape index (κ3) is 1.89. The number of carbonyl (C=O) groups is 2. The van der Waals surface area contributed by atoms with Crippen LogP contribution in [0.1, 0.15) is 27.1 Å². The van der Waals surface area contributed by atoms with Gasteiger partial charge >= 0.3 is 0 Å². The number of aliphatic hydroxyl groups is 1. The van der Waals surface area contributed by atoms with Crippen molar-refractivity contribution in [3.05, 3.63) is 29.3 Å². The van der Waals surface area contributed by atoms with E-state index in [1.54, 1.807) is 18.2 Å². The van der Waals surface area contributed by atoms with Gasteiger partial charge in [-0.1, -0.05) is 0 Å². The molecule has 0 aromatic heterocycles. The summed E-state index contributed by atoms with van der Waals surface area (Å²) in [6.07, 6.45) is 0.391. The number of rotatable bonds is 4. The minimum Gasteiger partial charge on any atom is -0.497 e. The zero-order valence-electron chi connectivity index (χ0n) is 9.47. The third-order valence-electron chi connectivity index (χ3n) is 2.72. The summed E-state index contributed by atoms with van der Waals surface area (Å²) in [5, 5.41) is 8.73. The maximum atomic E-state index is 11.9. The Bertz CT molecular complexity index is 470.